The van der Waals surface area contributed by atoms with Crippen molar-refractivity contribution in [2.75, 3.05) is 0 Å². The molecular weight excluding hydrogens is 242 g/mol. The Morgan fingerprint density at radius 3 is 2.76 bits per heavy atom. The SMILES string of the molecule is CCc1nn(C)c(Cn2cc(CO)nn2)c1Cl. The lowest BCUT2D eigenvalue weighted by Gasteiger charge is -2.01. The van der Waals surface area contributed by atoms with Gasteiger partial charge in [-0.05, 0) is 6.42 Å². The molecule has 2 aromatic rings. The maximum absolute atomic E-state index is 8.91. The highest BCUT2D eigenvalue weighted by atomic mass is 35.5. The Morgan fingerprint density at radius 2 is 2.24 bits per heavy atom. The molecule has 0 aromatic carbocycles. The molecule has 0 unspecified atom stereocenters. The van der Waals surface area contributed by atoms with E-state index in [0.29, 0.717) is 17.3 Å². The maximum Gasteiger partial charge on any atom is 0.108 e. The number of aromatic nitrogens is 5. The highest BCUT2D eigenvalue weighted by Gasteiger charge is 2.13. The molecule has 0 atom stereocenters. The first-order valence-corrected chi connectivity index (χ1v) is 5.73. The van der Waals surface area contributed by atoms with Crippen molar-refractivity contribution < 1.29 is 5.11 Å². The van der Waals surface area contributed by atoms with E-state index in [4.69, 9.17) is 16.7 Å². The van der Waals surface area contributed by atoms with Crippen LogP contribution in [0.15, 0.2) is 6.20 Å². The summed E-state index contributed by atoms with van der Waals surface area (Å²) in [5.74, 6) is 0. The standard InChI is InChI=1S/C10H14ClN5O/c1-3-8-10(11)9(15(2)13-8)5-16-4-7(6-17)12-14-16/h4,17H,3,5-6H2,1-2H3. The quantitative estimate of drug-likeness (QED) is 0.876. The van der Waals surface area contributed by atoms with Gasteiger partial charge in [-0.1, -0.05) is 23.7 Å². The Balaban J connectivity index is 2.26. The van der Waals surface area contributed by atoms with E-state index in [9.17, 15) is 0 Å². The third-order valence-corrected chi connectivity index (χ3v) is 3.00. The van der Waals surface area contributed by atoms with Crippen LogP contribution in [-0.4, -0.2) is 29.9 Å². The number of hydrogen-bond acceptors (Lipinski definition) is 4. The molecule has 6 nitrogen and oxygen atoms in total. The lowest BCUT2D eigenvalue weighted by molar-refractivity contribution is 0.276. The number of halogens is 1. The second-order valence-electron chi connectivity index (χ2n) is 3.75. The molecule has 2 heterocycles. The van der Waals surface area contributed by atoms with E-state index in [1.54, 1.807) is 15.6 Å². The van der Waals surface area contributed by atoms with Crippen molar-refractivity contribution in [3.63, 3.8) is 0 Å². The van der Waals surface area contributed by atoms with Crippen LogP contribution in [0, 0.1) is 0 Å². The molecule has 2 rings (SSSR count). The predicted molar refractivity (Wildman–Crippen MR) is 62.6 cm³/mol. The third-order valence-electron chi connectivity index (χ3n) is 2.56. The van der Waals surface area contributed by atoms with Crippen LogP contribution < -0.4 is 0 Å². The van der Waals surface area contributed by atoms with Gasteiger partial charge in [0.05, 0.1) is 35.8 Å². The highest BCUT2D eigenvalue weighted by Crippen LogP contribution is 2.21. The number of rotatable bonds is 4. The normalized spacial score (nSPS) is 11.1. The topological polar surface area (TPSA) is 68.8 Å². The van der Waals surface area contributed by atoms with Gasteiger partial charge in [0.2, 0.25) is 0 Å². The highest BCUT2D eigenvalue weighted by molar-refractivity contribution is 6.31. The Bertz CT molecular complexity index is 519. The van der Waals surface area contributed by atoms with Crippen LogP contribution in [0.25, 0.3) is 0 Å². The van der Waals surface area contributed by atoms with Gasteiger partial charge >= 0.3 is 0 Å². The molecule has 0 aliphatic heterocycles. The molecule has 0 fully saturated rings. The molecule has 17 heavy (non-hydrogen) atoms. The van der Waals surface area contributed by atoms with Gasteiger partial charge in [-0.15, -0.1) is 5.10 Å². The molecule has 0 saturated carbocycles. The van der Waals surface area contributed by atoms with Gasteiger partial charge in [-0.3, -0.25) is 4.68 Å². The van der Waals surface area contributed by atoms with E-state index in [-0.39, 0.29) is 6.61 Å². The fourth-order valence-electron chi connectivity index (χ4n) is 1.63. The van der Waals surface area contributed by atoms with Crippen molar-refractivity contribution in [1.82, 2.24) is 24.8 Å². The van der Waals surface area contributed by atoms with Gasteiger partial charge in [0.25, 0.3) is 0 Å². The van der Waals surface area contributed by atoms with E-state index < -0.39 is 0 Å². The molecule has 92 valence electrons. The first-order valence-electron chi connectivity index (χ1n) is 5.35. The van der Waals surface area contributed by atoms with Gasteiger partial charge in [0.15, 0.2) is 0 Å². The zero-order valence-corrected chi connectivity index (χ0v) is 10.5. The fraction of sp³-hybridized carbons (Fsp3) is 0.500. The number of nitrogens with zero attached hydrogens (tertiary/aromatic N) is 5. The first-order chi connectivity index (χ1) is 8.15. The van der Waals surface area contributed by atoms with E-state index in [1.165, 1.54) is 0 Å². The van der Waals surface area contributed by atoms with Gasteiger partial charge < -0.3 is 5.11 Å². The maximum atomic E-state index is 8.91. The number of hydrogen-bond donors (Lipinski definition) is 1. The molecule has 0 amide bonds. The lowest BCUT2D eigenvalue weighted by Crippen LogP contribution is -2.06. The van der Waals surface area contributed by atoms with Crippen molar-refractivity contribution in [3.05, 3.63) is 28.3 Å². The fourth-order valence-corrected chi connectivity index (χ4v) is 1.99. The van der Waals surface area contributed by atoms with Crippen LogP contribution in [0.3, 0.4) is 0 Å². The molecule has 0 aliphatic rings. The van der Waals surface area contributed by atoms with Crippen LogP contribution in [0.2, 0.25) is 5.02 Å². The summed E-state index contributed by atoms with van der Waals surface area (Å²) >= 11 is 6.23. The Labute approximate surface area is 104 Å². The summed E-state index contributed by atoms with van der Waals surface area (Å²) in [5, 5.41) is 21.6. The first kappa shape index (κ1) is 12.1. The smallest absolute Gasteiger partial charge is 0.108 e. The number of aliphatic hydroxyl groups is 1. The second kappa shape index (κ2) is 4.85. The average molecular weight is 256 g/mol. The average Bonchev–Trinajstić information content (AvgIpc) is 2.88. The van der Waals surface area contributed by atoms with Gasteiger partial charge in [0.1, 0.15) is 5.69 Å². The molecular formula is C10H14ClN5O. The molecule has 0 spiro atoms. The number of aryl methyl sites for hydroxylation is 2. The summed E-state index contributed by atoms with van der Waals surface area (Å²) in [6.07, 6.45) is 2.49. The molecule has 0 saturated heterocycles. The summed E-state index contributed by atoms with van der Waals surface area (Å²) < 4.78 is 3.38. The molecule has 0 bridgehead atoms. The van der Waals surface area contributed by atoms with Crippen LogP contribution in [0.4, 0.5) is 0 Å². The van der Waals surface area contributed by atoms with Crippen LogP contribution in [0.5, 0.6) is 0 Å². The van der Waals surface area contributed by atoms with Gasteiger partial charge in [-0.2, -0.15) is 5.10 Å². The van der Waals surface area contributed by atoms with Crippen molar-refractivity contribution >= 4 is 11.6 Å². The Kier molecular flexibility index (Phi) is 3.44. The zero-order chi connectivity index (χ0) is 12.4. The monoisotopic (exact) mass is 255 g/mol. The summed E-state index contributed by atoms with van der Waals surface area (Å²) in [7, 11) is 1.85. The van der Waals surface area contributed by atoms with E-state index in [2.05, 4.69) is 15.4 Å². The molecule has 0 radical (unpaired) electrons. The van der Waals surface area contributed by atoms with Crippen molar-refractivity contribution in [2.45, 2.75) is 26.5 Å². The summed E-state index contributed by atoms with van der Waals surface area (Å²) in [6.45, 7) is 2.39. The Hall–Kier alpha value is -1.40. The molecule has 1 N–H and O–H groups in total. The van der Waals surface area contributed by atoms with Gasteiger partial charge in [0, 0.05) is 7.05 Å². The predicted octanol–water partition coefficient (Wildman–Crippen LogP) is 0.768. The van der Waals surface area contributed by atoms with Crippen LogP contribution in [-0.2, 0) is 26.6 Å². The van der Waals surface area contributed by atoms with Crippen molar-refractivity contribution in [1.29, 1.82) is 0 Å². The van der Waals surface area contributed by atoms with Gasteiger partial charge in [-0.25, -0.2) is 4.68 Å². The molecule has 7 heteroatoms. The summed E-state index contributed by atoms with van der Waals surface area (Å²) in [4.78, 5) is 0. The third kappa shape index (κ3) is 2.32. The van der Waals surface area contributed by atoms with E-state index in [0.717, 1.165) is 17.8 Å². The van der Waals surface area contributed by atoms with Crippen LogP contribution >= 0.6 is 11.6 Å². The number of aliphatic hydroxyl groups excluding tert-OH is 1. The second-order valence-corrected chi connectivity index (χ2v) is 4.13. The molecule has 0 aliphatic carbocycles. The van der Waals surface area contributed by atoms with Crippen molar-refractivity contribution in [3.8, 4) is 0 Å². The summed E-state index contributed by atoms with van der Waals surface area (Å²) in [5.41, 5.74) is 2.31. The largest absolute Gasteiger partial charge is 0.390 e. The van der Waals surface area contributed by atoms with Crippen LogP contribution in [0.1, 0.15) is 24.0 Å². The van der Waals surface area contributed by atoms with E-state index >= 15 is 0 Å². The summed E-state index contributed by atoms with van der Waals surface area (Å²) in [6, 6.07) is 0. The minimum Gasteiger partial charge on any atom is -0.390 e. The zero-order valence-electron chi connectivity index (χ0n) is 9.76. The Morgan fingerprint density at radius 1 is 1.47 bits per heavy atom. The van der Waals surface area contributed by atoms with E-state index in [1.807, 2.05) is 14.0 Å². The molecule has 2 aromatic heterocycles. The van der Waals surface area contributed by atoms with Crippen molar-refractivity contribution in [2.24, 2.45) is 7.05 Å². The minimum atomic E-state index is -0.112. The lowest BCUT2D eigenvalue weighted by atomic mass is 10.3. The minimum absolute atomic E-state index is 0.112.